The summed E-state index contributed by atoms with van der Waals surface area (Å²) in [5, 5.41) is 21.8. The largest absolute Gasteiger partial charge is 0.507 e. The summed E-state index contributed by atoms with van der Waals surface area (Å²) in [7, 11) is 0. The monoisotopic (exact) mass is 512 g/mol. The molecule has 0 saturated heterocycles. The molecule has 6 nitrogen and oxygen atoms in total. The third-order valence-electron chi connectivity index (χ3n) is 7.93. The molecule has 0 bridgehead atoms. The van der Waals surface area contributed by atoms with Gasteiger partial charge in [0, 0.05) is 29.5 Å². The number of Topliss-reactive ketones (excluding diaryl/α,β-unsaturated/α-hetero) is 3. The number of aromatic hydroxyl groups is 2. The van der Waals surface area contributed by atoms with Crippen LogP contribution in [0.2, 0.25) is 0 Å². The van der Waals surface area contributed by atoms with E-state index in [1.165, 1.54) is 25.3 Å². The maximum Gasteiger partial charge on any atom is 0.175 e. The summed E-state index contributed by atoms with van der Waals surface area (Å²) in [4.78, 5) is 40.5. The van der Waals surface area contributed by atoms with Crippen LogP contribution in [0.5, 0.6) is 17.2 Å². The summed E-state index contributed by atoms with van der Waals surface area (Å²) in [5.41, 5.74) is -1.58. The minimum atomic E-state index is -1.24. The van der Waals surface area contributed by atoms with Crippen molar-refractivity contribution in [1.29, 1.82) is 0 Å². The van der Waals surface area contributed by atoms with Gasteiger partial charge in [-0.2, -0.15) is 0 Å². The van der Waals surface area contributed by atoms with Crippen LogP contribution in [0.15, 0.2) is 17.4 Å². The van der Waals surface area contributed by atoms with Gasteiger partial charge in [-0.25, -0.2) is 0 Å². The topological polar surface area (TPSA) is 101 Å². The lowest BCUT2D eigenvalue weighted by molar-refractivity contribution is -0.144. The van der Waals surface area contributed by atoms with Gasteiger partial charge >= 0.3 is 0 Å². The zero-order valence-corrected chi connectivity index (χ0v) is 23.6. The summed E-state index contributed by atoms with van der Waals surface area (Å²) in [6.45, 7) is 13.0. The second kappa shape index (κ2) is 11.0. The van der Waals surface area contributed by atoms with E-state index in [0.717, 1.165) is 19.3 Å². The Morgan fingerprint density at radius 1 is 0.946 bits per heavy atom. The number of phenolic OH excluding ortho intramolecular Hbond substituents is 2. The number of unbranched alkanes of at least 4 members (excludes halogenated alkanes) is 6. The first-order chi connectivity index (χ1) is 17.3. The van der Waals surface area contributed by atoms with Crippen LogP contribution in [-0.4, -0.2) is 27.6 Å². The van der Waals surface area contributed by atoms with Crippen molar-refractivity contribution in [3.8, 4) is 17.2 Å². The fraction of sp³-hybridized carbons (Fsp3) is 0.645. The first-order valence-electron chi connectivity index (χ1n) is 13.9. The summed E-state index contributed by atoms with van der Waals surface area (Å²) in [6.07, 6.45) is 8.19. The molecule has 37 heavy (non-hydrogen) atoms. The van der Waals surface area contributed by atoms with Crippen LogP contribution in [0, 0.1) is 16.7 Å². The maximum absolute atomic E-state index is 13.7. The molecule has 1 aromatic rings. The van der Waals surface area contributed by atoms with Crippen molar-refractivity contribution in [3.05, 3.63) is 28.5 Å². The average molecular weight is 513 g/mol. The molecule has 1 unspecified atom stereocenters. The smallest absolute Gasteiger partial charge is 0.175 e. The van der Waals surface area contributed by atoms with Crippen LogP contribution in [0.4, 0.5) is 0 Å². The fourth-order valence-electron chi connectivity index (χ4n) is 5.94. The Morgan fingerprint density at radius 3 is 2.14 bits per heavy atom. The lowest BCUT2D eigenvalue weighted by Crippen LogP contribution is -2.51. The Kier molecular flexibility index (Phi) is 8.60. The van der Waals surface area contributed by atoms with Gasteiger partial charge in [-0.3, -0.25) is 14.4 Å². The lowest BCUT2D eigenvalue weighted by Gasteiger charge is -2.45. The van der Waals surface area contributed by atoms with Gasteiger partial charge < -0.3 is 14.9 Å². The van der Waals surface area contributed by atoms with Crippen LogP contribution >= 0.6 is 0 Å². The van der Waals surface area contributed by atoms with Gasteiger partial charge in [-0.1, -0.05) is 59.3 Å². The first kappa shape index (κ1) is 28.9. The Morgan fingerprint density at radius 2 is 1.54 bits per heavy atom. The van der Waals surface area contributed by atoms with Gasteiger partial charge in [0.1, 0.15) is 28.6 Å². The van der Waals surface area contributed by atoms with Gasteiger partial charge in [-0.05, 0) is 46.5 Å². The number of fused-ring (bicyclic) bond motifs is 1. The van der Waals surface area contributed by atoms with Crippen LogP contribution in [0.1, 0.15) is 128 Å². The number of carbonyl (C=O) groups excluding carboxylic acids is 3. The highest BCUT2D eigenvalue weighted by molar-refractivity contribution is 6.20. The molecule has 0 amide bonds. The molecule has 6 heteroatoms. The standard InChI is InChI=1S/C31H44O6/c1-8-9-10-11-12-13-14-15-20(32)25-22(34)17-21(33)23-19(16-18(2)3)24-27(35)30(4,5)29(36)31(6,7)28(24)37-26(23)25/h17-19,33-34H,8-16H2,1-7H3. The van der Waals surface area contributed by atoms with E-state index in [9.17, 15) is 24.6 Å². The first-order valence-corrected chi connectivity index (χ1v) is 13.9. The van der Waals surface area contributed by atoms with E-state index in [-0.39, 0.29) is 58.3 Å². The van der Waals surface area contributed by atoms with Crippen molar-refractivity contribution in [2.24, 2.45) is 16.7 Å². The molecule has 3 rings (SSSR count). The molecular weight excluding hydrogens is 468 g/mol. The van der Waals surface area contributed by atoms with E-state index >= 15 is 0 Å². The molecular formula is C31H44O6. The van der Waals surface area contributed by atoms with Gasteiger partial charge in [0.05, 0.1) is 10.8 Å². The van der Waals surface area contributed by atoms with Crippen LogP contribution in [0.3, 0.4) is 0 Å². The molecule has 2 aliphatic rings. The molecule has 1 atom stereocenters. The van der Waals surface area contributed by atoms with E-state index in [2.05, 4.69) is 6.92 Å². The predicted molar refractivity (Wildman–Crippen MR) is 144 cm³/mol. The van der Waals surface area contributed by atoms with Crippen LogP contribution < -0.4 is 4.74 Å². The molecule has 0 spiro atoms. The summed E-state index contributed by atoms with van der Waals surface area (Å²) in [5.74, 6) is -1.47. The van der Waals surface area contributed by atoms with E-state index in [1.807, 2.05) is 13.8 Å². The predicted octanol–water partition coefficient (Wildman–Crippen LogP) is 7.40. The number of phenols is 2. The molecule has 0 fully saturated rings. The number of benzene rings is 1. The highest BCUT2D eigenvalue weighted by Gasteiger charge is 2.57. The van der Waals surface area contributed by atoms with Crippen LogP contribution in [-0.2, 0) is 9.59 Å². The summed E-state index contributed by atoms with van der Waals surface area (Å²) in [6, 6.07) is 1.19. The number of allylic oxidation sites excluding steroid dienone is 2. The highest BCUT2D eigenvalue weighted by atomic mass is 16.5. The molecule has 2 N–H and O–H groups in total. The van der Waals surface area contributed by atoms with E-state index < -0.39 is 16.7 Å². The number of carbonyl (C=O) groups is 3. The van der Waals surface area contributed by atoms with E-state index in [1.54, 1.807) is 27.7 Å². The Labute approximate surface area is 221 Å². The zero-order valence-electron chi connectivity index (χ0n) is 23.6. The molecule has 0 radical (unpaired) electrons. The fourth-order valence-corrected chi connectivity index (χ4v) is 5.94. The number of hydrogen-bond acceptors (Lipinski definition) is 6. The average Bonchev–Trinajstić information content (AvgIpc) is 2.80. The van der Waals surface area contributed by atoms with Crippen molar-refractivity contribution in [1.82, 2.24) is 0 Å². The number of rotatable bonds is 11. The van der Waals surface area contributed by atoms with Gasteiger partial charge in [0.15, 0.2) is 17.3 Å². The number of hydrogen-bond donors (Lipinski definition) is 2. The zero-order chi connectivity index (χ0) is 27.7. The molecule has 1 heterocycles. The minimum absolute atomic E-state index is 0.0274. The third kappa shape index (κ3) is 5.35. The van der Waals surface area contributed by atoms with E-state index in [4.69, 9.17) is 4.74 Å². The molecule has 204 valence electrons. The molecule has 1 aliphatic heterocycles. The molecule has 0 saturated carbocycles. The normalized spacial score (nSPS) is 20.1. The van der Waals surface area contributed by atoms with Crippen molar-refractivity contribution >= 4 is 17.3 Å². The summed E-state index contributed by atoms with van der Waals surface area (Å²) >= 11 is 0. The van der Waals surface area contributed by atoms with E-state index in [0.29, 0.717) is 24.0 Å². The molecule has 0 aromatic heterocycles. The second-order valence-electron chi connectivity index (χ2n) is 12.3. The molecule has 1 aromatic carbocycles. The van der Waals surface area contributed by atoms with Gasteiger partial charge in [0.2, 0.25) is 0 Å². The molecule has 1 aliphatic carbocycles. The van der Waals surface area contributed by atoms with Gasteiger partial charge in [-0.15, -0.1) is 0 Å². The lowest BCUT2D eigenvalue weighted by atomic mass is 9.59. The third-order valence-corrected chi connectivity index (χ3v) is 7.93. The SMILES string of the molecule is CCCCCCCCCC(=O)c1c(O)cc(O)c2c1OC1=C(C(=O)C(C)(C)C(=O)C1(C)C)C2CC(C)C. The van der Waals surface area contributed by atoms with Crippen molar-refractivity contribution < 1.29 is 29.3 Å². The van der Waals surface area contributed by atoms with Crippen molar-refractivity contribution in [3.63, 3.8) is 0 Å². The summed E-state index contributed by atoms with van der Waals surface area (Å²) < 4.78 is 6.28. The second-order valence-corrected chi connectivity index (χ2v) is 12.3. The number of ether oxygens (including phenoxy) is 1. The highest BCUT2D eigenvalue weighted by Crippen LogP contribution is 2.57. The van der Waals surface area contributed by atoms with Crippen molar-refractivity contribution in [2.75, 3.05) is 0 Å². The van der Waals surface area contributed by atoms with Gasteiger partial charge in [0.25, 0.3) is 0 Å². The quantitative estimate of drug-likeness (QED) is 0.182. The van der Waals surface area contributed by atoms with Crippen molar-refractivity contribution in [2.45, 2.75) is 112 Å². The Balaban J connectivity index is 2.05. The Bertz CT molecular complexity index is 1110. The Hall–Kier alpha value is -2.63. The number of ketones is 3. The maximum atomic E-state index is 13.7. The minimum Gasteiger partial charge on any atom is -0.507 e. The van der Waals surface area contributed by atoms with Crippen LogP contribution in [0.25, 0.3) is 0 Å².